The lowest BCUT2D eigenvalue weighted by atomic mass is 9.85. The number of guanidine groups is 2. The van der Waals surface area contributed by atoms with Gasteiger partial charge in [-0.25, -0.2) is 9.89 Å². The molecule has 1 aromatic rings. The van der Waals surface area contributed by atoms with E-state index < -0.39 is 35.5 Å². The van der Waals surface area contributed by atoms with Crippen LogP contribution < -0.4 is 32.4 Å². The Hall–Kier alpha value is -3.71. The Morgan fingerprint density at radius 3 is 2.69 bits per heavy atom. The SMILES string of the molecule is CCc1cccc(C(=O)NC2C[N+]3=C(N)N[C@@H](CN4C(=O)CCC4=O)[C@@H]4[NH+]=C(N)N[C@@]43C2(O)O)c1. The van der Waals surface area contributed by atoms with E-state index in [1.54, 1.807) is 18.2 Å². The molecule has 4 aliphatic rings. The molecule has 35 heavy (non-hydrogen) atoms. The largest absolute Gasteiger partial charge is 0.358 e. The van der Waals surface area contributed by atoms with Crippen molar-refractivity contribution < 1.29 is 34.2 Å². The van der Waals surface area contributed by atoms with Gasteiger partial charge in [-0.05, 0) is 24.1 Å². The number of benzene rings is 1. The van der Waals surface area contributed by atoms with Gasteiger partial charge in [0.1, 0.15) is 12.1 Å². The second-order valence-electron chi connectivity index (χ2n) is 9.38. The lowest BCUT2D eigenvalue weighted by Gasteiger charge is -2.41. The molecule has 0 aromatic heterocycles. The molecule has 3 amide bonds. The van der Waals surface area contributed by atoms with Gasteiger partial charge in [0.2, 0.25) is 11.8 Å². The third-order valence-corrected chi connectivity index (χ3v) is 7.39. The number of nitrogens with zero attached hydrogens (tertiary/aromatic N) is 2. The average molecular weight is 487 g/mol. The summed E-state index contributed by atoms with van der Waals surface area (Å²) in [6.45, 7) is 1.89. The summed E-state index contributed by atoms with van der Waals surface area (Å²) in [5, 5.41) is 31.7. The standard InChI is InChI=1S/C22H28N8O5/c1-2-11-4-3-5-12(8-11)18(33)26-14-10-30-20(24)25-13(9-29-15(31)6-7-16(29)32)17-21(30,22(14,34)35)28-19(23)27-17/h3-5,8,13-14,17,34-35H,2,6-7,9-10H2,1H3,(H6,23,24,25,26,27,28,33)/p+2/t13-,14?,17-,21-/m0/s1. The third-order valence-electron chi connectivity index (χ3n) is 7.39. The van der Waals surface area contributed by atoms with E-state index in [1.165, 1.54) is 4.58 Å². The highest BCUT2D eigenvalue weighted by Gasteiger charge is 2.78. The Morgan fingerprint density at radius 1 is 1.29 bits per heavy atom. The zero-order chi connectivity index (χ0) is 25.1. The van der Waals surface area contributed by atoms with Crippen molar-refractivity contribution in [2.24, 2.45) is 11.5 Å². The van der Waals surface area contributed by atoms with E-state index in [0.29, 0.717) is 5.56 Å². The maximum absolute atomic E-state index is 13.0. The zero-order valence-electron chi connectivity index (χ0n) is 19.2. The van der Waals surface area contributed by atoms with Gasteiger partial charge in [-0.3, -0.25) is 41.1 Å². The minimum atomic E-state index is -2.55. The van der Waals surface area contributed by atoms with Crippen LogP contribution in [0.15, 0.2) is 24.3 Å². The number of aryl methyl sites for hydroxylation is 1. The first-order chi connectivity index (χ1) is 16.6. The van der Waals surface area contributed by atoms with E-state index in [4.69, 9.17) is 11.5 Å². The molecule has 2 saturated heterocycles. The summed E-state index contributed by atoms with van der Waals surface area (Å²) >= 11 is 0. The van der Waals surface area contributed by atoms with Gasteiger partial charge >= 0.3 is 11.9 Å². The third kappa shape index (κ3) is 3.33. The maximum Gasteiger partial charge on any atom is 0.347 e. The summed E-state index contributed by atoms with van der Waals surface area (Å²) in [6.07, 6.45) is 1.01. The van der Waals surface area contributed by atoms with Gasteiger partial charge in [0.15, 0.2) is 6.04 Å². The molecule has 1 aromatic carbocycles. The molecular weight excluding hydrogens is 456 g/mol. The predicted octanol–water partition coefficient (Wildman–Crippen LogP) is -5.45. The van der Waals surface area contributed by atoms with E-state index in [1.807, 2.05) is 13.0 Å². The zero-order valence-corrected chi connectivity index (χ0v) is 19.2. The van der Waals surface area contributed by atoms with Crippen molar-refractivity contribution in [3.63, 3.8) is 0 Å². The summed E-state index contributed by atoms with van der Waals surface area (Å²) in [5.74, 6) is -3.47. The normalized spacial score (nSPS) is 31.0. The topological polar surface area (TPSA) is 200 Å². The van der Waals surface area contributed by atoms with Gasteiger partial charge in [0, 0.05) is 18.4 Å². The maximum atomic E-state index is 13.0. The molecule has 13 nitrogen and oxygen atoms in total. The van der Waals surface area contributed by atoms with Crippen LogP contribution in [0.5, 0.6) is 0 Å². The van der Waals surface area contributed by atoms with Crippen LogP contribution in [-0.2, 0) is 16.0 Å². The Morgan fingerprint density at radius 2 is 2.00 bits per heavy atom. The number of imide groups is 1. The van der Waals surface area contributed by atoms with E-state index in [0.717, 1.165) is 16.9 Å². The molecule has 4 heterocycles. The highest BCUT2D eigenvalue weighted by molar-refractivity contribution is 6.02. The number of carbonyl (C=O) groups is 3. The Labute approximate surface area is 200 Å². The number of nitrogens with two attached hydrogens (primary N) is 2. The first-order valence-corrected chi connectivity index (χ1v) is 11.6. The van der Waals surface area contributed by atoms with Crippen LogP contribution >= 0.6 is 0 Å². The fraction of sp³-hybridized carbons (Fsp3) is 0.500. The highest BCUT2D eigenvalue weighted by atomic mass is 16.5. The number of nitrogens with one attached hydrogen (secondary N) is 4. The van der Waals surface area contributed by atoms with Crippen molar-refractivity contribution in [1.82, 2.24) is 20.9 Å². The Bertz CT molecular complexity index is 1160. The summed E-state index contributed by atoms with van der Waals surface area (Å²) in [4.78, 5) is 41.6. The number of carbonyl (C=O) groups excluding carboxylic acids is 3. The lowest BCUT2D eigenvalue weighted by Crippen LogP contribution is -2.92. The van der Waals surface area contributed by atoms with Gasteiger partial charge in [-0.15, -0.1) is 0 Å². The van der Waals surface area contributed by atoms with Gasteiger partial charge < -0.3 is 15.5 Å². The van der Waals surface area contributed by atoms with Crippen LogP contribution in [0, 0.1) is 0 Å². The van der Waals surface area contributed by atoms with Crippen LogP contribution in [0.1, 0.15) is 35.7 Å². The van der Waals surface area contributed by atoms with Crippen molar-refractivity contribution in [3.8, 4) is 0 Å². The quantitative estimate of drug-likeness (QED) is 0.114. The fourth-order valence-electron chi connectivity index (χ4n) is 5.59. The minimum absolute atomic E-state index is 0.0439. The molecule has 4 aliphatic heterocycles. The molecular formula is C22H30N8O5+2. The molecule has 0 radical (unpaired) electrons. The number of likely N-dealkylation sites (tertiary alicyclic amines) is 1. The lowest BCUT2D eigenvalue weighted by molar-refractivity contribution is -0.674. The molecule has 10 N–H and O–H groups in total. The molecule has 0 bridgehead atoms. The van der Waals surface area contributed by atoms with Crippen molar-refractivity contribution in [3.05, 3.63) is 35.4 Å². The molecule has 1 unspecified atom stereocenters. The van der Waals surface area contributed by atoms with Crippen LogP contribution in [0.2, 0.25) is 0 Å². The molecule has 2 fully saturated rings. The van der Waals surface area contributed by atoms with Crippen molar-refractivity contribution in [1.29, 1.82) is 0 Å². The Balaban J connectivity index is 1.46. The molecule has 0 saturated carbocycles. The van der Waals surface area contributed by atoms with Crippen LogP contribution in [-0.4, -0.2) is 92.0 Å². The summed E-state index contributed by atoms with van der Waals surface area (Å²) in [6, 6.07) is 4.40. The van der Waals surface area contributed by atoms with E-state index in [9.17, 15) is 24.6 Å². The second-order valence-corrected chi connectivity index (χ2v) is 9.38. The molecule has 186 valence electrons. The van der Waals surface area contributed by atoms with Crippen molar-refractivity contribution >= 4 is 29.6 Å². The molecule has 0 aliphatic carbocycles. The number of aliphatic hydroxyl groups is 2. The van der Waals surface area contributed by atoms with Crippen LogP contribution in [0.4, 0.5) is 0 Å². The number of rotatable bonds is 5. The molecule has 4 atom stereocenters. The van der Waals surface area contributed by atoms with E-state index in [-0.39, 0.29) is 49.7 Å². The van der Waals surface area contributed by atoms with Crippen molar-refractivity contribution in [2.45, 2.75) is 55.8 Å². The van der Waals surface area contributed by atoms with Gasteiger partial charge in [0.25, 0.3) is 17.4 Å². The highest BCUT2D eigenvalue weighted by Crippen LogP contribution is 2.38. The van der Waals surface area contributed by atoms with Gasteiger partial charge in [-0.2, -0.15) is 0 Å². The summed E-state index contributed by atoms with van der Waals surface area (Å²) in [5.41, 5.74) is 12.0. The van der Waals surface area contributed by atoms with Crippen LogP contribution in [0.3, 0.4) is 0 Å². The van der Waals surface area contributed by atoms with Crippen LogP contribution in [0.25, 0.3) is 0 Å². The fourth-order valence-corrected chi connectivity index (χ4v) is 5.59. The monoisotopic (exact) mass is 486 g/mol. The van der Waals surface area contributed by atoms with E-state index >= 15 is 0 Å². The number of hydrogen-bond donors (Lipinski definition) is 8. The first kappa shape index (κ1) is 23.1. The summed E-state index contributed by atoms with van der Waals surface area (Å²) < 4.78 is 1.50. The van der Waals surface area contributed by atoms with Gasteiger partial charge in [0.05, 0.1) is 13.1 Å². The number of amides is 3. The summed E-state index contributed by atoms with van der Waals surface area (Å²) in [7, 11) is 0. The predicted molar refractivity (Wildman–Crippen MR) is 121 cm³/mol. The molecule has 13 heteroatoms. The Kier molecular flexibility index (Phi) is 5.21. The van der Waals surface area contributed by atoms with Crippen molar-refractivity contribution in [2.75, 3.05) is 13.1 Å². The average Bonchev–Trinajstić information content (AvgIpc) is 3.42. The smallest absolute Gasteiger partial charge is 0.347 e. The number of hydrogen-bond acceptors (Lipinski definition) is 9. The van der Waals surface area contributed by atoms with E-state index in [2.05, 4.69) is 20.9 Å². The first-order valence-electron chi connectivity index (χ1n) is 11.6. The molecule has 5 rings (SSSR count). The molecule has 1 spiro atoms. The van der Waals surface area contributed by atoms with Gasteiger partial charge in [-0.1, -0.05) is 19.1 Å². The minimum Gasteiger partial charge on any atom is -0.358 e. The second kappa shape index (κ2) is 7.92.